The van der Waals surface area contributed by atoms with E-state index in [0.717, 1.165) is 25.2 Å². The van der Waals surface area contributed by atoms with E-state index in [2.05, 4.69) is 15.0 Å². The van der Waals surface area contributed by atoms with Crippen molar-refractivity contribution < 1.29 is 9.72 Å². The largest absolute Gasteiger partial charge is 0.337 e. The number of hydrogen-bond donors (Lipinski definition) is 1. The number of aromatic nitrogens is 2. The Hall–Kier alpha value is -4.31. The van der Waals surface area contributed by atoms with Crippen molar-refractivity contribution in [2.45, 2.75) is 6.92 Å². The van der Waals surface area contributed by atoms with Gasteiger partial charge in [-0.05, 0) is 30.7 Å². The van der Waals surface area contributed by atoms with Gasteiger partial charge in [-0.15, -0.1) is 0 Å². The Kier molecular flexibility index (Phi) is 7.86. The number of piperazine rings is 1. The summed E-state index contributed by atoms with van der Waals surface area (Å²) >= 11 is 0. The van der Waals surface area contributed by atoms with Crippen LogP contribution < -0.4 is 5.56 Å². The molecule has 0 aliphatic carbocycles. The van der Waals surface area contributed by atoms with Crippen molar-refractivity contribution in [1.82, 2.24) is 19.6 Å². The van der Waals surface area contributed by atoms with Gasteiger partial charge in [0.05, 0.1) is 22.7 Å². The van der Waals surface area contributed by atoms with Gasteiger partial charge < -0.3 is 4.90 Å². The number of benzene rings is 2. The maximum atomic E-state index is 12.8. The quantitative estimate of drug-likeness (QED) is 0.226. The molecule has 186 valence electrons. The zero-order valence-corrected chi connectivity index (χ0v) is 20.0. The zero-order chi connectivity index (χ0) is 25.5. The summed E-state index contributed by atoms with van der Waals surface area (Å²) in [5.41, 5.74) is 2.33. The molecule has 0 bridgehead atoms. The number of carbonyl (C=O) groups is 1. The van der Waals surface area contributed by atoms with Crippen LogP contribution in [0.15, 0.2) is 70.5 Å². The van der Waals surface area contributed by atoms with Crippen molar-refractivity contribution in [3.63, 3.8) is 0 Å². The SMILES string of the molecule is Cc1[nH]n(-c2ccc([N+](=O)[O-])cc2)c(=O)c1C=NCCN1CCN(C(=O)C=Cc2ccccc2)CC1. The van der Waals surface area contributed by atoms with Crippen molar-refractivity contribution in [3.8, 4) is 5.69 Å². The number of nitro benzene ring substituents is 1. The number of carbonyl (C=O) groups excluding carboxylic acids is 1. The molecule has 10 nitrogen and oxygen atoms in total. The maximum Gasteiger partial charge on any atom is 0.280 e. The van der Waals surface area contributed by atoms with Gasteiger partial charge in [-0.25, -0.2) is 4.68 Å². The number of amides is 1. The predicted molar refractivity (Wildman–Crippen MR) is 139 cm³/mol. The van der Waals surface area contributed by atoms with Gasteiger partial charge in [0.2, 0.25) is 5.91 Å². The van der Waals surface area contributed by atoms with E-state index in [-0.39, 0.29) is 17.2 Å². The second-order valence-electron chi connectivity index (χ2n) is 8.51. The molecule has 4 rings (SSSR count). The molecule has 1 N–H and O–H groups in total. The van der Waals surface area contributed by atoms with Crippen LogP contribution in [0.1, 0.15) is 16.8 Å². The molecule has 1 amide bonds. The van der Waals surface area contributed by atoms with Gasteiger partial charge in [0.1, 0.15) is 0 Å². The summed E-state index contributed by atoms with van der Waals surface area (Å²) in [4.78, 5) is 44.1. The van der Waals surface area contributed by atoms with E-state index in [0.29, 0.717) is 36.6 Å². The first kappa shape index (κ1) is 24.8. The molecule has 1 saturated heterocycles. The lowest BCUT2D eigenvalue weighted by atomic mass is 10.2. The normalized spacial score (nSPS) is 14.6. The average Bonchev–Trinajstić information content (AvgIpc) is 3.19. The van der Waals surface area contributed by atoms with E-state index in [1.165, 1.54) is 28.9 Å². The van der Waals surface area contributed by atoms with Gasteiger partial charge in [0, 0.05) is 62.8 Å². The highest BCUT2D eigenvalue weighted by Gasteiger charge is 2.19. The maximum absolute atomic E-state index is 12.8. The number of non-ortho nitro benzene ring substituents is 1. The first-order valence-corrected chi connectivity index (χ1v) is 11.7. The Balaban J connectivity index is 1.26. The molecule has 2 heterocycles. The van der Waals surface area contributed by atoms with Gasteiger partial charge in [-0.1, -0.05) is 30.3 Å². The number of nitro groups is 1. The zero-order valence-electron chi connectivity index (χ0n) is 20.0. The van der Waals surface area contributed by atoms with Crippen LogP contribution in [-0.2, 0) is 4.79 Å². The second kappa shape index (κ2) is 11.4. The fourth-order valence-electron chi connectivity index (χ4n) is 4.00. The lowest BCUT2D eigenvalue weighted by Crippen LogP contribution is -2.48. The number of rotatable bonds is 8. The Morgan fingerprint density at radius 1 is 1.08 bits per heavy atom. The lowest BCUT2D eigenvalue weighted by molar-refractivity contribution is -0.384. The Morgan fingerprint density at radius 3 is 2.44 bits per heavy atom. The molecule has 0 atom stereocenters. The summed E-state index contributed by atoms with van der Waals surface area (Å²) in [6.45, 7) is 5.93. The van der Waals surface area contributed by atoms with Crippen LogP contribution >= 0.6 is 0 Å². The van der Waals surface area contributed by atoms with Crippen LogP contribution in [0.25, 0.3) is 11.8 Å². The van der Waals surface area contributed by atoms with Gasteiger partial charge in [0.25, 0.3) is 11.2 Å². The third kappa shape index (κ3) is 6.02. The molecule has 1 aromatic heterocycles. The number of hydrogen-bond acceptors (Lipinski definition) is 6. The minimum absolute atomic E-state index is 0.0174. The van der Waals surface area contributed by atoms with Crippen molar-refractivity contribution >= 4 is 23.9 Å². The number of aryl methyl sites for hydroxylation is 1. The molecule has 3 aromatic rings. The highest BCUT2D eigenvalue weighted by atomic mass is 16.6. The molecule has 2 aromatic carbocycles. The standard InChI is InChI=1S/C26H28N6O4/c1-20-24(26(34)31(28-20)22-8-10-23(11-9-22)32(35)36)19-27-13-14-29-15-17-30(18-16-29)25(33)12-7-21-5-3-2-4-6-21/h2-12,19,28H,13-18H2,1H3. The minimum atomic E-state index is -0.481. The summed E-state index contributed by atoms with van der Waals surface area (Å²) < 4.78 is 1.35. The topological polar surface area (TPSA) is 117 Å². The molecule has 0 saturated carbocycles. The third-order valence-electron chi connectivity index (χ3n) is 6.10. The van der Waals surface area contributed by atoms with Crippen molar-refractivity contribution in [2.75, 3.05) is 39.3 Å². The van der Waals surface area contributed by atoms with Crippen molar-refractivity contribution in [3.05, 3.63) is 98.0 Å². The van der Waals surface area contributed by atoms with E-state index in [4.69, 9.17) is 0 Å². The highest BCUT2D eigenvalue weighted by molar-refractivity contribution is 5.91. The monoisotopic (exact) mass is 488 g/mol. The van der Waals surface area contributed by atoms with Crippen molar-refractivity contribution in [1.29, 1.82) is 0 Å². The van der Waals surface area contributed by atoms with E-state index >= 15 is 0 Å². The van der Waals surface area contributed by atoms with Crippen LogP contribution in [0.4, 0.5) is 5.69 Å². The molecular formula is C26H28N6O4. The first-order valence-electron chi connectivity index (χ1n) is 11.7. The smallest absolute Gasteiger partial charge is 0.280 e. The van der Waals surface area contributed by atoms with Crippen LogP contribution in [0.2, 0.25) is 0 Å². The fourth-order valence-corrected chi connectivity index (χ4v) is 4.00. The van der Waals surface area contributed by atoms with Crippen LogP contribution in [0.5, 0.6) is 0 Å². The van der Waals surface area contributed by atoms with E-state index in [1.807, 2.05) is 41.3 Å². The lowest BCUT2D eigenvalue weighted by Gasteiger charge is -2.33. The highest BCUT2D eigenvalue weighted by Crippen LogP contribution is 2.14. The predicted octanol–water partition coefficient (Wildman–Crippen LogP) is 2.66. The van der Waals surface area contributed by atoms with Crippen LogP contribution in [0, 0.1) is 17.0 Å². The second-order valence-corrected chi connectivity index (χ2v) is 8.51. The Bertz CT molecular complexity index is 1320. The van der Waals surface area contributed by atoms with Gasteiger partial charge in [-0.2, -0.15) is 0 Å². The molecule has 1 aliphatic rings. The number of aliphatic imine (C=N–C) groups is 1. The molecule has 0 spiro atoms. The first-order chi connectivity index (χ1) is 17.4. The molecule has 36 heavy (non-hydrogen) atoms. The number of H-pyrrole nitrogens is 1. The van der Waals surface area contributed by atoms with Gasteiger partial charge in [0.15, 0.2) is 0 Å². The summed E-state index contributed by atoms with van der Waals surface area (Å²) in [6.07, 6.45) is 5.03. The minimum Gasteiger partial charge on any atom is -0.337 e. The fraction of sp³-hybridized carbons (Fsp3) is 0.269. The average molecular weight is 489 g/mol. The van der Waals surface area contributed by atoms with Gasteiger partial charge in [-0.3, -0.25) is 34.7 Å². The van der Waals surface area contributed by atoms with Crippen LogP contribution in [0.3, 0.4) is 0 Å². The van der Waals surface area contributed by atoms with E-state index in [1.54, 1.807) is 19.2 Å². The van der Waals surface area contributed by atoms with E-state index < -0.39 is 4.92 Å². The molecule has 1 aliphatic heterocycles. The summed E-state index contributed by atoms with van der Waals surface area (Å²) in [5.74, 6) is 0.0174. The molecule has 0 unspecified atom stereocenters. The van der Waals surface area contributed by atoms with Crippen LogP contribution in [-0.4, -0.2) is 75.9 Å². The Labute approximate surface area is 208 Å². The molecule has 10 heteroatoms. The molecular weight excluding hydrogens is 460 g/mol. The van der Waals surface area contributed by atoms with E-state index in [9.17, 15) is 19.7 Å². The summed E-state index contributed by atoms with van der Waals surface area (Å²) in [6, 6.07) is 15.5. The van der Waals surface area contributed by atoms with Gasteiger partial charge >= 0.3 is 0 Å². The number of aromatic amines is 1. The number of nitrogens with zero attached hydrogens (tertiary/aromatic N) is 5. The molecule has 1 fully saturated rings. The summed E-state index contributed by atoms with van der Waals surface area (Å²) in [5, 5.41) is 13.8. The Morgan fingerprint density at radius 2 is 1.78 bits per heavy atom. The summed E-state index contributed by atoms with van der Waals surface area (Å²) in [7, 11) is 0. The van der Waals surface area contributed by atoms with Crippen molar-refractivity contribution in [2.24, 2.45) is 4.99 Å². The molecule has 0 radical (unpaired) electrons. The number of nitrogens with one attached hydrogen (secondary N) is 1. The third-order valence-corrected chi connectivity index (χ3v) is 6.10.